The van der Waals surface area contributed by atoms with Crippen molar-refractivity contribution < 1.29 is 9.53 Å². The smallest absolute Gasteiger partial charge is 0.227 e. The SMILES string of the molecule is COCCc1nsc(N2CCC(C(=O)N3CCSCC3)C2)n1. The molecule has 122 valence electrons. The molecule has 0 N–H and O–H groups in total. The molecule has 1 unspecified atom stereocenters. The molecule has 8 heteroatoms. The maximum Gasteiger partial charge on any atom is 0.227 e. The van der Waals surface area contributed by atoms with Crippen LogP contribution in [0.4, 0.5) is 5.13 Å². The lowest BCUT2D eigenvalue weighted by molar-refractivity contribution is -0.134. The van der Waals surface area contributed by atoms with Gasteiger partial charge >= 0.3 is 0 Å². The van der Waals surface area contributed by atoms with Gasteiger partial charge in [0.25, 0.3) is 0 Å². The predicted molar refractivity (Wildman–Crippen MR) is 89.7 cm³/mol. The van der Waals surface area contributed by atoms with Crippen LogP contribution >= 0.6 is 23.3 Å². The third-order valence-corrected chi connectivity index (χ3v) is 5.88. The van der Waals surface area contributed by atoms with E-state index < -0.39 is 0 Å². The molecule has 2 aliphatic rings. The van der Waals surface area contributed by atoms with Crippen molar-refractivity contribution in [1.82, 2.24) is 14.3 Å². The third-order valence-electron chi connectivity index (χ3n) is 4.12. The first-order chi connectivity index (χ1) is 10.8. The van der Waals surface area contributed by atoms with Crippen molar-refractivity contribution in [3.8, 4) is 0 Å². The molecule has 2 fully saturated rings. The molecule has 0 saturated carbocycles. The van der Waals surface area contributed by atoms with Crippen LogP contribution in [0.25, 0.3) is 0 Å². The lowest BCUT2D eigenvalue weighted by Crippen LogP contribution is -2.42. The Morgan fingerprint density at radius 2 is 2.18 bits per heavy atom. The summed E-state index contributed by atoms with van der Waals surface area (Å²) < 4.78 is 9.42. The second kappa shape index (κ2) is 7.61. The van der Waals surface area contributed by atoms with Crippen molar-refractivity contribution >= 4 is 34.3 Å². The molecule has 0 radical (unpaired) electrons. The molecule has 3 heterocycles. The van der Waals surface area contributed by atoms with Gasteiger partial charge < -0.3 is 14.5 Å². The van der Waals surface area contributed by atoms with Gasteiger partial charge in [-0.1, -0.05) is 0 Å². The Labute approximate surface area is 139 Å². The van der Waals surface area contributed by atoms with E-state index >= 15 is 0 Å². The number of thioether (sulfide) groups is 1. The number of methoxy groups -OCH3 is 1. The van der Waals surface area contributed by atoms with Gasteiger partial charge in [-0.3, -0.25) is 4.79 Å². The Morgan fingerprint density at radius 1 is 1.36 bits per heavy atom. The van der Waals surface area contributed by atoms with E-state index in [1.807, 2.05) is 16.7 Å². The molecule has 3 rings (SSSR count). The molecular weight excluding hydrogens is 320 g/mol. The molecule has 0 aliphatic carbocycles. The van der Waals surface area contributed by atoms with Gasteiger partial charge in [0.2, 0.25) is 11.0 Å². The Morgan fingerprint density at radius 3 is 2.95 bits per heavy atom. The van der Waals surface area contributed by atoms with Crippen molar-refractivity contribution in [2.75, 3.05) is 56.3 Å². The molecule has 0 aromatic carbocycles. The first kappa shape index (κ1) is 16.0. The number of hydrogen-bond acceptors (Lipinski definition) is 7. The zero-order chi connectivity index (χ0) is 15.4. The Bertz CT molecular complexity index is 505. The molecule has 6 nitrogen and oxygen atoms in total. The molecule has 2 aliphatic heterocycles. The first-order valence-electron chi connectivity index (χ1n) is 7.71. The number of amides is 1. The molecule has 0 bridgehead atoms. The van der Waals surface area contributed by atoms with Crippen LogP contribution < -0.4 is 4.90 Å². The molecule has 1 amide bonds. The number of nitrogens with zero attached hydrogens (tertiary/aromatic N) is 4. The number of carbonyl (C=O) groups excluding carboxylic acids is 1. The second-order valence-electron chi connectivity index (χ2n) is 5.61. The Hall–Kier alpha value is -0.860. The number of ether oxygens (including phenoxy) is 1. The van der Waals surface area contributed by atoms with E-state index in [0.717, 1.165) is 61.5 Å². The van der Waals surface area contributed by atoms with E-state index in [-0.39, 0.29) is 5.92 Å². The van der Waals surface area contributed by atoms with E-state index in [0.29, 0.717) is 12.5 Å². The van der Waals surface area contributed by atoms with Crippen molar-refractivity contribution in [2.45, 2.75) is 12.8 Å². The van der Waals surface area contributed by atoms with Gasteiger partial charge in [-0.2, -0.15) is 16.1 Å². The minimum Gasteiger partial charge on any atom is -0.384 e. The molecule has 1 atom stereocenters. The van der Waals surface area contributed by atoms with E-state index in [1.54, 1.807) is 7.11 Å². The normalized spacial score (nSPS) is 22.3. The van der Waals surface area contributed by atoms with Gasteiger partial charge in [0.15, 0.2) is 0 Å². The lowest BCUT2D eigenvalue weighted by Gasteiger charge is -2.28. The summed E-state index contributed by atoms with van der Waals surface area (Å²) in [6, 6.07) is 0. The fraction of sp³-hybridized carbons (Fsp3) is 0.786. The van der Waals surface area contributed by atoms with Crippen molar-refractivity contribution in [2.24, 2.45) is 5.92 Å². The Balaban J connectivity index is 1.55. The number of anilines is 1. The van der Waals surface area contributed by atoms with Gasteiger partial charge in [0, 0.05) is 62.7 Å². The van der Waals surface area contributed by atoms with E-state index in [1.165, 1.54) is 11.5 Å². The highest BCUT2D eigenvalue weighted by atomic mass is 32.2. The van der Waals surface area contributed by atoms with Gasteiger partial charge in [0.05, 0.1) is 12.5 Å². The lowest BCUT2D eigenvalue weighted by atomic mass is 10.1. The molecule has 22 heavy (non-hydrogen) atoms. The summed E-state index contributed by atoms with van der Waals surface area (Å²) in [6.07, 6.45) is 1.67. The van der Waals surface area contributed by atoms with Crippen LogP contribution in [0.2, 0.25) is 0 Å². The maximum atomic E-state index is 12.6. The zero-order valence-electron chi connectivity index (χ0n) is 12.9. The standard InChI is InChI=1S/C14H22N4O2S2/c1-20-7-3-12-15-14(22-16-12)18-4-2-11(10-18)13(19)17-5-8-21-9-6-17/h11H,2-10H2,1H3. The highest BCUT2D eigenvalue weighted by Crippen LogP contribution is 2.27. The van der Waals surface area contributed by atoms with Crippen molar-refractivity contribution in [3.05, 3.63) is 5.82 Å². The first-order valence-corrected chi connectivity index (χ1v) is 9.63. The fourth-order valence-corrected chi connectivity index (χ4v) is 4.50. The predicted octanol–water partition coefficient (Wildman–Crippen LogP) is 1.13. The maximum absolute atomic E-state index is 12.6. The molecule has 0 spiro atoms. The minimum absolute atomic E-state index is 0.120. The second-order valence-corrected chi connectivity index (χ2v) is 7.56. The monoisotopic (exact) mass is 342 g/mol. The van der Waals surface area contributed by atoms with E-state index in [2.05, 4.69) is 14.3 Å². The molecule has 1 aromatic rings. The average molecular weight is 342 g/mol. The minimum atomic E-state index is 0.120. The molecule has 2 saturated heterocycles. The van der Waals surface area contributed by atoms with Crippen LogP contribution in [-0.2, 0) is 16.0 Å². The van der Waals surface area contributed by atoms with Crippen molar-refractivity contribution in [1.29, 1.82) is 0 Å². The molecular formula is C14H22N4O2S2. The number of rotatable bonds is 5. The van der Waals surface area contributed by atoms with Gasteiger partial charge in [-0.25, -0.2) is 4.98 Å². The van der Waals surface area contributed by atoms with Gasteiger partial charge in [-0.05, 0) is 6.42 Å². The highest BCUT2D eigenvalue weighted by Gasteiger charge is 2.33. The highest BCUT2D eigenvalue weighted by molar-refractivity contribution is 7.99. The van der Waals surface area contributed by atoms with Crippen LogP contribution in [-0.4, -0.2) is 71.6 Å². The number of carbonyl (C=O) groups is 1. The topological polar surface area (TPSA) is 58.6 Å². The summed E-state index contributed by atoms with van der Waals surface area (Å²) in [4.78, 5) is 21.4. The fourth-order valence-electron chi connectivity index (χ4n) is 2.85. The molecule has 1 aromatic heterocycles. The van der Waals surface area contributed by atoms with Crippen LogP contribution in [0.15, 0.2) is 0 Å². The van der Waals surface area contributed by atoms with Gasteiger partial charge in [0.1, 0.15) is 5.82 Å². The van der Waals surface area contributed by atoms with Gasteiger partial charge in [-0.15, -0.1) is 0 Å². The van der Waals surface area contributed by atoms with Crippen LogP contribution in [0.3, 0.4) is 0 Å². The zero-order valence-corrected chi connectivity index (χ0v) is 14.5. The summed E-state index contributed by atoms with van der Waals surface area (Å²) in [5.74, 6) is 3.43. The van der Waals surface area contributed by atoms with Crippen LogP contribution in [0.5, 0.6) is 0 Å². The summed E-state index contributed by atoms with van der Waals surface area (Å²) in [7, 11) is 1.68. The van der Waals surface area contributed by atoms with Crippen molar-refractivity contribution in [3.63, 3.8) is 0 Å². The van der Waals surface area contributed by atoms with Crippen LogP contribution in [0, 0.1) is 5.92 Å². The largest absolute Gasteiger partial charge is 0.384 e. The third kappa shape index (κ3) is 3.72. The number of aromatic nitrogens is 2. The van der Waals surface area contributed by atoms with E-state index in [9.17, 15) is 4.79 Å². The quantitative estimate of drug-likeness (QED) is 0.799. The number of hydrogen-bond donors (Lipinski definition) is 0. The Kier molecular flexibility index (Phi) is 5.54. The summed E-state index contributed by atoms with van der Waals surface area (Å²) in [5, 5.41) is 0.940. The average Bonchev–Trinajstić information content (AvgIpc) is 3.22. The summed E-state index contributed by atoms with van der Waals surface area (Å²) in [6.45, 7) is 4.13. The van der Waals surface area contributed by atoms with Crippen LogP contribution in [0.1, 0.15) is 12.2 Å². The summed E-state index contributed by atoms with van der Waals surface area (Å²) >= 11 is 3.36. The van der Waals surface area contributed by atoms with E-state index in [4.69, 9.17) is 4.74 Å². The summed E-state index contributed by atoms with van der Waals surface area (Å²) in [5.41, 5.74) is 0.